The van der Waals surface area contributed by atoms with E-state index in [1.54, 1.807) is 72.8 Å². The van der Waals surface area contributed by atoms with E-state index < -0.39 is 58.4 Å². The molecule has 14 aromatic rings. The first-order chi connectivity index (χ1) is 62.2. The number of amidine groups is 4. The van der Waals surface area contributed by atoms with E-state index in [9.17, 15) is 62.4 Å². The third-order valence-corrected chi connectivity index (χ3v) is 36.4. The predicted molar refractivity (Wildman–Crippen MR) is 487 cm³/mol. The normalized spacial score (nSPS) is 13.4. The van der Waals surface area contributed by atoms with Crippen molar-refractivity contribution in [2.24, 2.45) is 30.0 Å². The van der Waals surface area contributed by atoms with Crippen LogP contribution >= 0.6 is 142 Å². The number of fused-ring (bicyclic) bond motifs is 14. The maximum absolute atomic E-state index is 12.8. The van der Waals surface area contributed by atoms with Crippen molar-refractivity contribution < 1.29 is 110 Å². The van der Waals surface area contributed by atoms with Crippen LogP contribution in [0.5, 0.6) is 0 Å². The minimum absolute atomic E-state index is 0.0892. The Labute approximate surface area is 789 Å². The number of nitrogens with zero attached hydrogens (tertiary/aromatic N) is 8. The van der Waals surface area contributed by atoms with Gasteiger partial charge in [-0.2, -0.15) is 16.8 Å². The molecule has 0 saturated carbocycles. The molecule has 0 unspecified atom stereocenters. The van der Waals surface area contributed by atoms with Crippen molar-refractivity contribution in [3.05, 3.63) is 276 Å². The SMILES string of the molecule is O=S(=O)(O)c1ccc(Sc2ccc(Sc3ccc(SOOO)cc3)c3c2C2=Nc4c5c(Sc6ccc(S(=O)(=O)O)cc6)ccc(Sc6ccc(S(=O)(=O)O)cc6)c5c5[n]4[Ga][n]4c(c6c(Sc7ccc(SOOO)cc7)ccc(Sc7ccc(SOOO)cc7)c6c4=NC4=NC(=N5)c5c(Sc6ccc(S(=O)(=O)O)cc6)ccc(Sc6ccc(SOOO)cc6)c54)=NC3=N2)cc1. The molecule has 49 heteroatoms. The van der Waals surface area contributed by atoms with Gasteiger partial charge in [0.1, 0.15) is 0 Å². The van der Waals surface area contributed by atoms with Crippen molar-refractivity contribution in [2.75, 3.05) is 0 Å². The zero-order chi connectivity index (χ0) is 89.6. The topological polar surface area (TPSA) is 456 Å². The molecule has 0 amide bonds. The molecule has 0 aliphatic carbocycles. The fourth-order valence-corrected chi connectivity index (χ4v) is 27.5. The Morgan fingerprint density at radius 1 is 0.233 bits per heavy atom. The van der Waals surface area contributed by atoms with E-state index in [1.165, 1.54) is 167 Å². The maximum atomic E-state index is 12.8. The van der Waals surface area contributed by atoms with Crippen molar-refractivity contribution in [2.45, 2.75) is 117 Å². The molecule has 8 N–H and O–H groups in total. The van der Waals surface area contributed by atoms with E-state index in [0.717, 1.165) is 48.2 Å². The molecule has 18 rings (SSSR count). The zero-order valence-electron chi connectivity index (χ0n) is 63.9. The van der Waals surface area contributed by atoms with E-state index in [2.05, 4.69) is 23.4 Å². The van der Waals surface area contributed by atoms with Gasteiger partial charge in [0.25, 0.3) is 0 Å². The summed E-state index contributed by atoms with van der Waals surface area (Å²) in [5.41, 5.74) is 2.36. The average Bonchev–Trinajstić information content (AvgIpc) is 1.54. The summed E-state index contributed by atoms with van der Waals surface area (Å²) in [6.45, 7) is 0. The standard InChI is InChI=1S/C80H48N8O24S16.Ga/c89-105-109-121-49-9-1-41(2-10-49)113-57-33-34-58(114-42-3-11-50(12-4-42)122-110-106-90)66-65(57)73-81-74(66)83-76-68-60(116-44-7-15-52(16-8-44)124-112-108-92)36-38-62(118-46-19-27-54(28-20-46)126(96,97)98)70(68)78(85-76)87-80-72-64(120-48-23-31-56(32-24-48)128(102,103)104)40-39-63(119-47-21-29-55(30-22-47)127(99,100)101)71(72)79(88-80)86-77-69-61(117-45-17-25-53(26-18-45)125(93,94)95)37-35-59(67(69)75(82-73)84-77)115-43-5-13-51(14-6-43)123-111-107-91;/h1-40H,(H8-2,81,82,83,84,85,86,87,88,89,90,91,92,93,94,95,96,97,98,99,100,101,102,103,104);/q-2;+2. The Balaban J connectivity index is 1.02. The quantitative estimate of drug-likeness (QED) is 0.00638. The second-order valence-corrected chi connectivity index (χ2v) is 47.1. The van der Waals surface area contributed by atoms with E-state index >= 15 is 0 Å². The number of aromatic nitrogens is 2. The molecule has 4 aliphatic heterocycles. The van der Waals surface area contributed by atoms with Gasteiger partial charge >= 0.3 is 732 Å². The summed E-state index contributed by atoms with van der Waals surface area (Å²) in [6.07, 6.45) is 0. The third kappa shape index (κ3) is 20.1. The van der Waals surface area contributed by atoms with Crippen LogP contribution in [-0.4, -0.2) is 121 Å². The number of rotatable bonds is 32. The Kier molecular flexibility index (Phi) is 27.6. The van der Waals surface area contributed by atoms with Gasteiger partial charge in [0.05, 0.1) is 0 Å². The molecule has 129 heavy (non-hydrogen) atoms. The Hall–Kier alpha value is -8.00. The van der Waals surface area contributed by atoms with Crippen molar-refractivity contribution in [3.63, 3.8) is 0 Å². The third-order valence-electron chi connectivity index (χ3n) is 19.0. The molecule has 651 valence electrons. The molecule has 6 heterocycles. The molecule has 0 fully saturated rings. The molecule has 0 spiro atoms. The van der Waals surface area contributed by atoms with Gasteiger partial charge in [-0.15, -0.1) is 8.67 Å². The summed E-state index contributed by atoms with van der Waals surface area (Å²) in [5.74, 6) is 0.898. The van der Waals surface area contributed by atoms with Gasteiger partial charge in [-0.1, -0.05) is 10.1 Å². The number of hydrogen-bond acceptors (Lipinski definition) is 38. The fourth-order valence-electron chi connectivity index (χ4n) is 13.5. The van der Waals surface area contributed by atoms with Crippen molar-refractivity contribution in [1.29, 1.82) is 0 Å². The molecule has 32 nitrogen and oxygen atoms in total. The second-order valence-electron chi connectivity index (χ2n) is 26.8. The van der Waals surface area contributed by atoms with Crippen LogP contribution in [0.15, 0.2) is 390 Å². The van der Waals surface area contributed by atoms with Crippen LogP contribution in [0.4, 0.5) is 11.6 Å². The Morgan fingerprint density at radius 3 is 0.651 bits per heavy atom. The molecule has 12 aromatic carbocycles. The van der Waals surface area contributed by atoms with Crippen LogP contribution < -0.4 is 11.0 Å². The molecule has 4 aliphatic rings. The molecular weight excluding hydrogens is 2040 g/mol. The predicted octanol–water partition coefficient (Wildman–Crippen LogP) is 20.4. The first-order valence-electron chi connectivity index (χ1n) is 36.3. The van der Waals surface area contributed by atoms with E-state index in [1.807, 2.05) is 100 Å². The van der Waals surface area contributed by atoms with Gasteiger partial charge in [0.2, 0.25) is 0 Å². The van der Waals surface area contributed by atoms with Crippen molar-refractivity contribution >= 4 is 257 Å². The van der Waals surface area contributed by atoms with E-state index in [0.29, 0.717) is 153 Å². The van der Waals surface area contributed by atoms with Crippen molar-refractivity contribution in [1.82, 2.24) is 6.55 Å². The first kappa shape index (κ1) is 91.5. The van der Waals surface area contributed by atoms with Crippen LogP contribution in [0.3, 0.4) is 0 Å². The summed E-state index contributed by atoms with van der Waals surface area (Å²) in [7, 11) is -18.8. The van der Waals surface area contributed by atoms with Crippen LogP contribution in [0.25, 0.3) is 21.5 Å². The molecule has 6 bridgehead atoms. The first-order valence-corrected chi connectivity index (χ1v) is 53.8. The monoisotopic (exact) mass is 2080 g/mol. The van der Waals surface area contributed by atoms with Gasteiger partial charge < -0.3 is 0 Å². The summed E-state index contributed by atoms with van der Waals surface area (Å²) in [4.78, 5) is 45.1. The second kappa shape index (κ2) is 38.9. The Bertz CT molecular complexity index is 7170. The molecule has 0 atom stereocenters. The number of benzene rings is 12. The van der Waals surface area contributed by atoms with E-state index in [-0.39, 0.29) is 54.6 Å². The van der Waals surface area contributed by atoms with Crippen molar-refractivity contribution in [3.8, 4) is 0 Å². The summed E-state index contributed by atoms with van der Waals surface area (Å²) in [5, 5.41) is 54.4. The fraction of sp³-hybridized carbons (Fsp3) is 0. The molecule has 0 saturated heterocycles. The van der Waals surface area contributed by atoms with Gasteiger partial charge in [0.15, 0.2) is 0 Å². The van der Waals surface area contributed by atoms with Crippen LogP contribution in [0.2, 0.25) is 0 Å². The van der Waals surface area contributed by atoms with Gasteiger partial charge in [-0.3, -0.25) is 9.11 Å². The summed E-state index contributed by atoms with van der Waals surface area (Å²) >= 11 is 10.5. The molecular formula is C80H48GaN8O24S16. The molecule has 2 aromatic heterocycles. The minimum atomic E-state index is -4.72. The number of hydrogen-bond donors (Lipinski definition) is 8. The summed E-state index contributed by atoms with van der Waals surface area (Å²) < 4.78 is 166. The van der Waals surface area contributed by atoms with E-state index in [4.69, 9.17) is 57.8 Å². The van der Waals surface area contributed by atoms with Gasteiger partial charge in [0, 0.05) is 0 Å². The molecule has 1 radical (unpaired) electrons. The summed E-state index contributed by atoms with van der Waals surface area (Å²) in [6, 6.07) is 66.4. The van der Waals surface area contributed by atoms with Crippen LogP contribution in [0, 0.1) is 0 Å². The van der Waals surface area contributed by atoms with Gasteiger partial charge in [-0.05, 0) is 0 Å². The van der Waals surface area contributed by atoms with Gasteiger partial charge in [-0.25, -0.2) is 21.0 Å². The number of aliphatic imine (C=N–C) groups is 4. The Morgan fingerprint density at radius 2 is 0.426 bits per heavy atom. The zero-order valence-corrected chi connectivity index (χ0v) is 79.4. The van der Waals surface area contributed by atoms with Crippen LogP contribution in [-0.2, 0) is 78.0 Å². The van der Waals surface area contributed by atoms with Crippen LogP contribution in [0.1, 0.15) is 22.3 Å². The average molecular weight is 2090 g/mol.